The summed E-state index contributed by atoms with van der Waals surface area (Å²) in [6.45, 7) is 6.40. The number of unbranched alkanes of at least 4 members (excludes halogenated alkanes) is 27. The van der Waals surface area contributed by atoms with Crippen LogP contribution in [0.5, 0.6) is 0 Å². The minimum absolute atomic E-state index is 0.0792. The topological polar surface area (TPSA) is 78.9 Å². The van der Waals surface area contributed by atoms with Gasteiger partial charge in [0.05, 0.1) is 0 Å². The van der Waals surface area contributed by atoms with E-state index in [2.05, 4.69) is 93.7 Å². The smallest absolute Gasteiger partial charge is 0.306 e. The van der Waals surface area contributed by atoms with Gasteiger partial charge in [0.15, 0.2) is 6.10 Å². The molecule has 0 aliphatic heterocycles. The first-order chi connectivity index (χ1) is 32.5. The zero-order chi connectivity index (χ0) is 47.9. The highest BCUT2D eigenvalue weighted by atomic mass is 16.6. The predicted molar refractivity (Wildman–Crippen MR) is 284 cm³/mol. The van der Waals surface area contributed by atoms with E-state index in [1.807, 2.05) is 0 Å². The second kappa shape index (κ2) is 54.5. The van der Waals surface area contributed by atoms with Gasteiger partial charge in [-0.2, -0.15) is 0 Å². The number of carbonyl (C=O) groups is 3. The first kappa shape index (κ1) is 62.8. The standard InChI is InChI=1S/C60H104O6/c1-4-7-10-13-15-17-19-21-23-24-25-26-27-28-29-30-31-32-33-34-35-36-37-39-40-42-44-47-50-53-59(62)65-56-57(55-64-58(61)52-49-46-12-9-6-3)66-60(63)54-51-48-45-43-41-38-22-20-18-16-14-11-8-5-2/h7,10,14-17,20-23,25-26,57H,4-6,8-9,11-13,18-19,24,27-56H2,1-3H3/b10-7-,16-14-,17-15-,22-20-,23-21-,26-25-. The normalized spacial score (nSPS) is 12.6. The average molecular weight is 921 g/mol. The third-order valence-electron chi connectivity index (χ3n) is 11.9. The predicted octanol–water partition coefficient (Wildman–Crippen LogP) is 18.6. The van der Waals surface area contributed by atoms with Crippen LogP contribution in [-0.4, -0.2) is 37.2 Å². The second-order valence-corrected chi connectivity index (χ2v) is 18.5. The summed E-state index contributed by atoms with van der Waals surface area (Å²) >= 11 is 0. The molecule has 0 aromatic rings. The maximum atomic E-state index is 12.7. The van der Waals surface area contributed by atoms with Gasteiger partial charge in [-0.1, -0.05) is 241 Å². The molecule has 1 unspecified atom stereocenters. The fourth-order valence-corrected chi connectivity index (χ4v) is 7.74. The molecular weight excluding hydrogens is 817 g/mol. The van der Waals surface area contributed by atoms with Crippen LogP contribution in [0.3, 0.4) is 0 Å². The molecule has 0 spiro atoms. The Morgan fingerprint density at radius 3 is 0.970 bits per heavy atom. The summed E-state index contributed by atoms with van der Waals surface area (Å²) in [5.41, 5.74) is 0. The minimum atomic E-state index is -0.776. The van der Waals surface area contributed by atoms with Crippen molar-refractivity contribution in [2.24, 2.45) is 0 Å². The Morgan fingerprint density at radius 2 is 0.606 bits per heavy atom. The van der Waals surface area contributed by atoms with Crippen molar-refractivity contribution in [2.75, 3.05) is 13.2 Å². The molecule has 0 saturated carbocycles. The number of rotatable bonds is 50. The van der Waals surface area contributed by atoms with Gasteiger partial charge >= 0.3 is 17.9 Å². The van der Waals surface area contributed by atoms with Gasteiger partial charge in [0, 0.05) is 19.3 Å². The molecule has 0 aliphatic rings. The molecule has 1 atom stereocenters. The summed E-state index contributed by atoms with van der Waals surface area (Å²) < 4.78 is 16.7. The molecule has 0 N–H and O–H groups in total. The average Bonchev–Trinajstić information content (AvgIpc) is 3.31. The summed E-state index contributed by atoms with van der Waals surface area (Å²) in [4.78, 5) is 37.7. The number of hydrogen-bond acceptors (Lipinski definition) is 6. The van der Waals surface area contributed by atoms with E-state index in [1.165, 1.54) is 116 Å². The summed E-state index contributed by atoms with van der Waals surface area (Å²) in [5, 5.41) is 0. The fourth-order valence-electron chi connectivity index (χ4n) is 7.74. The number of ether oxygens (including phenoxy) is 3. The van der Waals surface area contributed by atoms with Gasteiger partial charge in [-0.3, -0.25) is 14.4 Å². The lowest BCUT2D eigenvalue weighted by Crippen LogP contribution is -2.30. The van der Waals surface area contributed by atoms with Crippen molar-refractivity contribution in [3.05, 3.63) is 72.9 Å². The van der Waals surface area contributed by atoms with E-state index in [9.17, 15) is 14.4 Å². The van der Waals surface area contributed by atoms with Gasteiger partial charge in [0.2, 0.25) is 0 Å². The molecule has 0 aromatic carbocycles. The third kappa shape index (κ3) is 51.8. The van der Waals surface area contributed by atoms with Gasteiger partial charge < -0.3 is 14.2 Å². The Hall–Kier alpha value is -3.15. The van der Waals surface area contributed by atoms with Crippen molar-refractivity contribution in [1.29, 1.82) is 0 Å². The molecule has 380 valence electrons. The third-order valence-corrected chi connectivity index (χ3v) is 11.9. The molecule has 0 fully saturated rings. The van der Waals surface area contributed by atoms with E-state index >= 15 is 0 Å². The first-order valence-electron chi connectivity index (χ1n) is 27.9. The Morgan fingerprint density at radius 1 is 0.318 bits per heavy atom. The van der Waals surface area contributed by atoms with Crippen molar-refractivity contribution in [2.45, 2.75) is 277 Å². The van der Waals surface area contributed by atoms with Crippen molar-refractivity contribution in [3.63, 3.8) is 0 Å². The van der Waals surface area contributed by atoms with Crippen LogP contribution in [0.25, 0.3) is 0 Å². The number of hydrogen-bond donors (Lipinski definition) is 0. The SMILES string of the molecule is CC/C=C\C/C=C\C/C=C\C/C=C\CCCCCCCCCCCCCCCCCCC(=O)OCC(COC(=O)CCCCCCC)OC(=O)CCCCCCC/C=C\C/C=C\CCCC. The highest BCUT2D eigenvalue weighted by Gasteiger charge is 2.19. The minimum Gasteiger partial charge on any atom is -0.462 e. The highest BCUT2D eigenvalue weighted by molar-refractivity contribution is 5.71. The quantitative estimate of drug-likeness (QED) is 0.0262. The van der Waals surface area contributed by atoms with Gasteiger partial charge in [-0.05, 0) is 83.5 Å². The van der Waals surface area contributed by atoms with Crippen LogP contribution in [0.4, 0.5) is 0 Å². The van der Waals surface area contributed by atoms with Crippen LogP contribution in [0.1, 0.15) is 271 Å². The van der Waals surface area contributed by atoms with Crippen molar-refractivity contribution < 1.29 is 28.6 Å². The zero-order valence-corrected chi connectivity index (χ0v) is 43.4. The van der Waals surface area contributed by atoms with E-state index < -0.39 is 6.10 Å². The summed E-state index contributed by atoms with van der Waals surface area (Å²) in [6.07, 6.45) is 69.5. The van der Waals surface area contributed by atoms with Crippen molar-refractivity contribution >= 4 is 17.9 Å². The monoisotopic (exact) mass is 921 g/mol. The Bertz CT molecular complexity index is 1240. The van der Waals surface area contributed by atoms with Gasteiger partial charge in [-0.15, -0.1) is 0 Å². The lowest BCUT2D eigenvalue weighted by molar-refractivity contribution is -0.167. The molecule has 0 aliphatic carbocycles. The molecule has 0 radical (unpaired) electrons. The fraction of sp³-hybridized carbons (Fsp3) is 0.750. The number of carbonyl (C=O) groups excluding carboxylic acids is 3. The van der Waals surface area contributed by atoms with E-state index in [4.69, 9.17) is 14.2 Å². The molecule has 0 saturated heterocycles. The Balaban J connectivity index is 4.00. The molecule has 0 aromatic heterocycles. The summed E-state index contributed by atoms with van der Waals surface area (Å²) in [5.74, 6) is -0.902. The molecule has 6 heteroatoms. The first-order valence-corrected chi connectivity index (χ1v) is 27.9. The maximum absolute atomic E-state index is 12.7. The second-order valence-electron chi connectivity index (χ2n) is 18.5. The van der Waals surface area contributed by atoms with Gasteiger partial charge in [0.25, 0.3) is 0 Å². The van der Waals surface area contributed by atoms with E-state index in [0.717, 1.165) is 116 Å². The summed E-state index contributed by atoms with van der Waals surface area (Å²) in [7, 11) is 0. The Kier molecular flexibility index (Phi) is 51.9. The van der Waals surface area contributed by atoms with Crippen molar-refractivity contribution in [1.82, 2.24) is 0 Å². The molecule has 0 heterocycles. The number of esters is 3. The molecule has 0 bridgehead atoms. The molecule has 0 amide bonds. The maximum Gasteiger partial charge on any atom is 0.306 e. The lowest BCUT2D eigenvalue weighted by atomic mass is 10.0. The van der Waals surface area contributed by atoms with Crippen LogP contribution in [-0.2, 0) is 28.6 Å². The van der Waals surface area contributed by atoms with Crippen LogP contribution >= 0.6 is 0 Å². The van der Waals surface area contributed by atoms with E-state index in [-0.39, 0.29) is 31.1 Å². The van der Waals surface area contributed by atoms with Crippen LogP contribution in [0.15, 0.2) is 72.9 Å². The zero-order valence-electron chi connectivity index (χ0n) is 43.4. The van der Waals surface area contributed by atoms with Crippen molar-refractivity contribution in [3.8, 4) is 0 Å². The van der Waals surface area contributed by atoms with Crippen LogP contribution < -0.4 is 0 Å². The van der Waals surface area contributed by atoms with Crippen LogP contribution in [0, 0.1) is 0 Å². The van der Waals surface area contributed by atoms with E-state index in [1.54, 1.807) is 0 Å². The van der Waals surface area contributed by atoms with E-state index in [0.29, 0.717) is 19.3 Å². The molecule has 0 rings (SSSR count). The highest BCUT2D eigenvalue weighted by Crippen LogP contribution is 2.16. The number of allylic oxidation sites excluding steroid dienone is 12. The molecule has 66 heavy (non-hydrogen) atoms. The largest absolute Gasteiger partial charge is 0.462 e. The Labute approximate surface area is 408 Å². The summed E-state index contributed by atoms with van der Waals surface area (Å²) in [6, 6.07) is 0. The van der Waals surface area contributed by atoms with Gasteiger partial charge in [0.1, 0.15) is 13.2 Å². The van der Waals surface area contributed by atoms with Crippen LogP contribution in [0.2, 0.25) is 0 Å². The lowest BCUT2D eigenvalue weighted by Gasteiger charge is -2.18. The van der Waals surface area contributed by atoms with Gasteiger partial charge in [-0.25, -0.2) is 0 Å². The molecule has 6 nitrogen and oxygen atoms in total. The molecular formula is C60H104O6.